The van der Waals surface area contributed by atoms with Crippen molar-refractivity contribution in [3.05, 3.63) is 0 Å². The summed E-state index contributed by atoms with van der Waals surface area (Å²) >= 11 is 0. The predicted octanol–water partition coefficient (Wildman–Crippen LogP) is -2.83. The van der Waals surface area contributed by atoms with Crippen molar-refractivity contribution in [2.75, 3.05) is 6.61 Å². The highest BCUT2D eigenvalue weighted by atomic mass is 16.7. The molecule has 1 heterocycles. The fourth-order valence-electron chi connectivity index (χ4n) is 1.31. The zero-order valence-electron chi connectivity index (χ0n) is 7.16. The molecule has 1 rings (SSSR count). The van der Waals surface area contributed by atoms with E-state index in [-0.39, 0.29) is 0 Å². The minimum atomic E-state index is -1.95. The van der Waals surface area contributed by atoms with Gasteiger partial charge in [-0.1, -0.05) is 0 Å². The van der Waals surface area contributed by atoms with Gasteiger partial charge in [-0.05, 0) is 6.92 Å². The summed E-state index contributed by atoms with van der Waals surface area (Å²) in [6, 6.07) is 0. The molecule has 0 unspecified atom stereocenters. The monoisotopic (exact) mass is 194 g/mol. The van der Waals surface area contributed by atoms with E-state index in [4.69, 9.17) is 9.84 Å². The van der Waals surface area contributed by atoms with Crippen molar-refractivity contribution in [3.63, 3.8) is 0 Å². The summed E-state index contributed by atoms with van der Waals surface area (Å²) in [5.74, 6) is -1.95. The molecule has 0 aliphatic carbocycles. The summed E-state index contributed by atoms with van der Waals surface area (Å²) in [4.78, 5) is 0. The average molecular weight is 194 g/mol. The van der Waals surface area contributed by atoms with Gasteiger partial charge in [0.2, 0.25) is 0 Å². The van der Waals surface area contributed by atoms with Crippen LogP contribution in [0.2, 0.25) is 0 Å². The molecule has 0 saturated carbocycles. The van der Waals surface area contributed by atoms with E-state index < -0.39 is 36.8 Å². The molecule has 0 aromatic carbocycles. The van der Waals surface area contributed by atoms with Crippen molar-refractivity contribution >= 4 is 0 Å². The lowest BCUT2D eigenvalue weighted by Gasteiger charge is -2.43. The Kier molecular flexibility index (Phi) is 2.91. The molecule has 13 heavy (non-hydrogen) atoms. The standard InChI is InChI=1S/C7H14O6/c1-7(12)6(11)5(10)4(9)3(2-8)13-7/h3-6,8-12H,2H2,1H3/t3-,4-,5-,6-,7-/m1/s1. The van der Waals surface area contributed by atoms with Crippen molar-refractivity contribution in [2.24, 2.45) is 0 Å². The summed E-state index contributed by atoms with van der Waals surface area (Å²) in [5, 5.41) is 45.8. The van der Waals surface area contributed by atoms with Crippen LogP contribution in [0.4, 0.5) is 0 Å². The molecule has 1 aliphatic heterocycles. The molecule has 0 spiro atoms. The van der Waals surface area contributed by atoms with Gasteiger partial charge in [-0.15, -0.1) is 0 Å². The fourth-order valence-corrected chi connectivity index (χ4v) is 1.31. The van der Waals surface area contributed by atoms with E-state index in [1.165, 1.54) is 0 Å². The minimum Gasteiger partial charge on any atom is -0.394 e. The van der Waals surface area contributed by atoms with Gasteiger partial charge in [-0.25, -0.2) is 0 Å². The fraction of sp³-hybridized carbons (Fsp3) is 1.00. The summed E-state index contributed by atoms with van der Waals surface area (Å²) < 4.78 is 4.76. The van der Waals surface area contributed by atoms with E-state index in [9.17, 15) is 20.4 Å². The number of aliphatic hydroxyl groups excluding tert-OH is 4. The second-order valence-corrected chi connectivity index (χ2v) is 3.32. The van der Waals surface area contributed by atoms with E-state index in [0.29, 0.717) is 0 Å². The number of aliphatic hydroxyl groups is 5. The lowest BCUT2D eigenvalue weighted by molar-refractivity contribution is -0.341. The minimum absolute atomic E-state index is 0.541. The molecule has 0 radical (unpaired) electrons. The molecular weight excluding hydrogens is 180 g/mol. The Hall–Kier alpha value is -0.240. The number of hydrogen-bond acceptors (Lipinski definition) is 6. The third-order valence-corrected chi connectivity index (χ3v) is 2.17. The quantitative estimate of drug-likeness (QED) is 0.308. The van der Waals surface area contributed by atoms with E-state index in [0.717, 1.165) is 6.92 Å². The molecule has 0 amide bonds. The highest BCUT2D eigenvalue weighted by molar-refractivity contribution is 4.93. The van der Waals surface area contributed by atoms with Crippen LogP contribution in [0.15, 0.2) is 0 Å². The van der Waals surface area contributed by atoms with Crippen molar-refractivity contribution in [3.8, 4) is 0 Å². The summed E-state index contributed by atoms with van der Waals surface area (Å²) in [6.45, 7) is 0.608. The van der Waals surface area contributed by atoms with E-state index in [1.54, 1.807) is 0 Å². The lowest BCUT2D eigenvalue weighted by Crippen LogP contribution is -2.63. The summed E-state index contributed by atoms with van der Waals surface area (Å²) in [5.41, 5.74) is 0. The van der Waals surface area contributed by atoms with E-state index >= 15 is 0 Å². The number of rotatable bonds is 1. The van der Waals surface area contributed by atoms with Crippen LogP contribution in [-0.4, -0.2) is 62.3 Å². The van der Waals surface area contributed by atoms with Crippen LogP contribution in [0.25, 0.3) is 0 Å². The zero-order valence-corrected chi connectivity index (χ0v) is 7.16. The van der Waals surface area contributed by atoms with Crippen LogP contribution in [-0.2, 0) is 4.74 Å². The van der Waals surface area contributed by atoms with Gasteiger partial charge in [0, 0.05) is 0 Å². The third-order valence-electron chi connectivity index (χ3n) is 2.17. The second-order valence-electron chi connectivity index (χ2n) is 3.32. The first-order valence-electron chi connectivity index (χ1n) is 3.95. The van der Waals surface area contributed by atoms with Crippen LogP contribution in [0.3, 0.4) is 0 Å². The Morgan fingerprint density at radius 2 is 1.77 bits per heavy atom. The molecule has 6 nitrogen and oxygen atoms in total. The summed E-state index contributed by atoms with van der Waals surface area (Å²) in [6.07, 6.45) is -5.61. The molecule has 1 aliphatic rings. The highest BCUT2D eigenvalue weighted by Crippen LogP contribution is 2.27. The molecule has 0 aromatic heterocycles. The van der Waals surface area contributed by atoms with Gasteiger partial charge in [0.25, 0.3) is 0 Å². The normalized spacial score (nSPS) is 52.2. The molecule has 5 N–H and O–H groups in total. The van der Waals surface area contributed by atoms with Crippen LogP contribution < -0.4 is 0 Å². The first-order valence-corrected chi connectivity index (χ1v) is 3.95. The molecule has 1 saturated heterocycles. The van der Waals surface area contributed by atoms with Gasteiger partial charge in [-0.2, -0.15) is 0 Å². The Balaban J connectivity index is 2.79. The molecule has 5 atom stereocenters. The maximum absolute atomic E-state index is 9.38. The first-order chi connectivity index (χ1) is 5.90. The number of hydrogen-bond donors (Lipinski definition) is 5. The summed E-state index contributed by atoms with van der Waals surface area (Å²) in [7, 11) is 0. The molecule has 6 heteroatoms. The van der Waals surface area contributed by atoms with Crippen LogP contribution >= 0.6 is 0 Å². The molecule has 78 valence electrons. The van der Waals surface area contributed by atoms with Crippen molar-refractivity contribution < 1.29 is 30.3 Å². The Labute approximate surface area is 75.0 Å². The van der Waals surface area contributed by atoms with Gasteiger partial charge in [0.05, 0.1) is 6.61 Å². The maximum Gasteiger partial charge on any atom is 0.192 e. The van der Waals surface area contributed by atoms with Crippen molar-refractivity contribution in [1.82, 2.24) is 0 Å². The zero-order chi connectivity index (χ0) is 10.2. The van der Waals surface area contributed by atoms with Gasteiger partial charge < -0.3 is 30.3 Å². The predicted molar refractivity (Wildman–Crippen MR) is 40.6 cm³/mol. The maximum atomic E-state index is 9.38. The molecular formula is C7H14O6. The average Bonchev–Trinajstić information content (AvgIpc) is 2.08. The van der Waals surface area contributed by atoms with Gasteiger partial charge in [0.1, 0.15) is 24.4 Å². The molecule has 0 bridgehead atoms. The van der Waals surface area contributed by atoms with Crippen molar-refractivity contribution in [2.45, 2.75) is 37.1 Å². The second kappa shape index (κ2) is 3.49. The Morgan fingerprint density at radius 3 is 2.23 bits per heavy atom. The molecule has 0 aromatic rings. The van der Waals surface area contributed by atoms with Crippen LogP contribution in [0.1, 0.15) is 6.92 Å². The van der Waals surface area contributed by atoms with E-state index in [2.05, 4.69) is 0 Å². The van der Waals surface area contributed by atoms with Gasteiger partial charge in [-0.3, -0.25) is 0 Å². The first kappa shape index (κ1) is 10.8. The largest absolute Gasteiger partial charge is 0.394 e. The van der Waals surface area contributed by atoms with Crippen molar-refractivity contribution in [1.29, 1.82) is 0 Å². The Morgan fingerprint density at radius 1 is 1.23 bits per heavy atom. The molecule has 1 fully saturated rings. The third kappa shape index (κ3) is 1.83. The topological polar surface area (TPSA) is 110 Å². The van der Waals surface area contributed by atoms with Gasteiger partial charge >= 0.3 is 0 Å². The highest BCUT2D eigenvalue weighted by Gasteiger charge is 2.49. The van der Waals surface area contributed by atoms with Crippen LogP contribution in [0.5, 0.6) is 0 Å². The van der Waals surface area contributed by atoms with Crippen LogP contribution in [0, 0.1) is 0 Å². The number of ether oxygens (including phenoxy) is 1. The smallest absolute Gasteiger partial charge is 0.192 e. The van der Waals surface area contributed by atoms with Gasteiger partial charge in [0.15, 0.2) is 5.79 Å². The lowest BCUT2D eigenvalue weighted by atomic mass is 9.94. The SMILES string of the molecule is C[C@@]1(O)O[C@H](CO)[C@@H](O)[C@@H](O)[C@H]1O. The Bertz CT molecular complexity index is 180. The van der Waals surface area contributed by atoms with E-state index in [1.807, 2.05) is 0 Å².